The van der Waals surface area contributed by atoms with Gasteiger partial charge in [0.25, 0.3) is 5.78 Å². The summed E-state index contributed by atoms with van der Waals surface area (Å²) in [4.78, 5) is 13.8. The van der Waals surface area contributed by atoms with Gasteiger partial charge in [-0.25, -0.2) is 4.98 Å². The minimum atomic E-state index is 0.708. The second-order valence-corrected chi connectivity index (χ2v) is 6.77. The van der Waals surface area contributed by atoms with E-state index in [1.807, 2.05) is 4.52 Å². The van der Waals surface area contributed by atoms with Gasteiger partial charge in [-0.2, -0.15) is 14.6 Å². The molecule has 0 aliphatic carbocycles. The number of anilines is 1. The van der Waals surface area contributed by atoms with Crippen LogP contribution < -0.4 is 4.90 Å². The Morgan fingerprint density at radius 2 is 1.96 bits per heavy atom. The minimum absolute atomic E-state index is 0.708. The van der Waals surface area contributed by atoms with Gasteiger partial charge in [0.05, 0.1) is 13.2 Å². The van der Waals surface area contributed by atoms with Gasteiger partial charge in [0.2, 0.25) is 0 Å². The van der Waals surface area contributed by atoms with Crippen molar-refractivity contribution in [1.29, 1.82) is 0 Å². The van der Waals surface area contributed by atoms with Crippen LogP contribution in [0.25, 0.3) is 5.78 Å². The highest BCUT2D eigenvalue weighted by atomic mass is 16.5. The molecule has 0 aromatic carbocycles. The van der Waals surface area contributed by atoms with Gasteiger partial charge in [-0.05, 0) is 25.2 Å². The van der Waals surface area contributed by atoms with Crippen molar-refractivity contribution >= 4 is 11.6 Å². The second-order valence-electron chi connectivity index (χ2n) is 6.77. The van der Waals surface area contributed by atoms with Crippen molar-refractivity contribution in [1.82, 2.24) is 24.5 Å². The first-order chi connectivity index (χ1) is 11.8. The summed E-state index contributed by atoms with van der Waals surface area (Å²) in [6.45, 7) is 9.46. The van der Waals surface area contributed by atoms with Crippen molar-refractivity contribution in [3.05, 3.63) is 18.1 Å². The molecule has 4 rings (SSSR count). The Balaban J connectivity index is 1.43. The summed E-state index contributed by atoms with van der Waals surface area (Å²) in [6, 6.07) is 2.17. The highest BCUT2D eigenvalue weighted by Gasteiger charge is 2.24. The van der Waals surface area contributed by atoms with Crippen LogP contribution in [0.4, 0.5) is 5.82 Å². The summed E-state index contributed by atoms with van der Waals surface area (Å²) in [5.74, 6) is 2.64. The van der Waals surface area contributed by atoms with E-state index in [4.69, 9.17) is 4.74 Å². The molecular formula is C17H26N6O. The Hall–Kier alpha value is -1.73. The molecule has 0 saturated carbocycles. The predicted molar refractivity (Wildman–Crippen MR) is 92.4 cm³/mol. The molecule has 0 radical (unpaired) electrons. The number of fused-ring (bicyclic) bond motifs is 1. The van der Waals surface area contributed by atoms with E-state index < -0.39 is 0 Å². The number of aromatic nitrogens is 4. The molecule has 7 nitrogen and oxygen atoms in total. The standard InChI is InChI=1S/C17H26N6O/c1-2-15-11-16(23-17(20-15)18-13-19-23)22-5-3-14(4-6-22)12-21-7-9-24-10-8-21/h11,13-14H,2-10,12H2,1H3. The first kappa shape index (κ1) is 15.8. The van der Waals surface area contributed by atoms with E-state index in [1.54, 1.807) is 6.33 Å². The van der Waals surface area contributed by atoms with E-state index in [-0.39, 0.29) is 0 Å². The maximum Gasteiger partial charge on any atom is 0.254 e. The van der Waals surface area contributed by atoms with Gasteiger partial charge in [0.15, 0.2) is 0 Å². The molecule has 24 heavy (non-hydrogen) atoms. The van der Waals surface area contributed by atoms with E-state index in [2.05, 4.69) is 37.9 Å². The van der Waals surface area contributed by atoms with Crippen LogP contribution in [-0.4, -0.2) is 70.4 Å². The number of ether oxygens (including phenoxy) is 1. The number of nitrogens with zero attached hydrogens (tertiary/aromatic N) is 6. The molecule has 0 unspecified atom stereocenters. The summed E-state index contributed by atoms with van der Waals surface area (Å²) in [5.41, 5.74) is 1.08. The molecule has 0 amide bonds. The molecule has 0 bridgehead atoms. The van der Waals surface area contributed by atoms with Crippen molar-refractivity contribution in [3.63, 3.8) is 0 Å². The zero-order valence-corrected chi connectivity index (χ0v) is 14.4. The van der Waals surface area contributed by atoms with Gasteiger partial charge in [0.1, 0.15) is 12.1 Å². The first-order valence-electron chi connectivity index (χ1n) is 9.08. The number of hydrogen-bond acceptors (Lipinski definition) is 6. The summed E-state index contributed by atoms with van der Waals surface area (Å²) in [7, 11) is 0. The Labute approximate surface area is 142 Å². The molecule has 130 valence electrons. The molecule has 2 aromatic rings. The zero-order valence-electron chi connectivity index (χ0n) is 14.4. The van der Waals surface area contributed by atoms with E-state index in [1.165, 1.54) is 19.4 Å². The number of hydrogen-bond donors (Lipinski definition) is 0. The van der Waals surface area contributed by atoms with Crippen molar-refractivity contribution in [2.24, 2.45) is 5.92 Å². The molecule has 2 aliphatic heterocycles. The maximum absolute atomic E-state index is 5.45. The fraction of sp³-hybridized carbons (Fsp3) is 0.706. The normalized spacial score (nSPS) is 20.8. The van der Waals surface area contributed by atoms with E-state index >= 15 is 0 Å². The Kier molecular flexibility index (Phi) is 4.62. The lowest BCUT2D eigenvalue weighted by Gasteiger charge is -2.36. The fourth-order valence-corrected chi connectivity index (χ4v) is 3.74. The number of aryl methyl sites for hydroxylation is 1. The van der Waals surface area contributed by atoms with E-state index in [0.29, 0.717) is 5.78 Å². The molecule has 0 atom stereocenters. The molecule has 7 heteroatoms. The summed E-state index contributed by atoms with van der Waals surface area (Å²) < 4.78 is 7.32. The lowest BCUT2D eigenvalue weighted by Crippen LogP contribution is -2.43. The Morgan fingerprint density at radius 3 is 2.71 bits per heavy atom. The third-order valence-electron chi connectivity index (χ3n) is 5.21. The quantitative estimate of drug-likeness (QED) is 0.840. The van der Waals surface area contributed by atoms with Gasteiger partial charge in [-0.15, -0.1) is 0 Å². The van der Waals surface area contributed by atoms with Crippen LogP contribution in [0, 0.1) is 5.92 Å². The number of rotatable bonds is 4. The van der Waals surface area contributed by atoms with Gasteiger partial charge >= 0.3 is 0 Å². The van der Waals surface area contributed by atoms with Crippen LogP contribution in [0.5, 0.6) is 0 Å². The average molecular weight is 330 g/mol. The SMILES string of the molecule is CCc1cc(N2CCC(CN3CCOCC3)CC2)n2ncnc2n1. The van der Waals surface area contributed by atoms with Crippen molar-refractivity contribution < 1.29 is 4.74 Å². The van der Waals surface area contributed by atoms with Gasteiger partial charge < -0.3 is 9.64 Å². The van der Waals surface area contributed by atoms with Crippen molar-refractivity contribution in [2.45, 2.75) is 26.2 Å². The van der Waals surface area contributed by atoms with Crippen LogP contribution >= 0.6 is 0 Å². The minimum Gasteiger partial charge on any atom is -0.379 e. The smallest absolute Gasteiger partial charge is 0.254 e. The zero-order chi connectivity index (χ0) is 16.4. The summed E-state index contributed by atoms with van der Waals surface area (Å²) in [6.07, 6.45) is 4.98. The molecular weight excluding hydrogens is 304 g/mol. The lowest BCUT2D eigenvalue weighted by molar-refractivity contribution is 0.0289. The van der Waals surface area contributed by atoms with Crippen molar-refractivity contribution in [2.75, 3.05) is 50.8 Å². The molecule has 0 spiro atoms. The number of morpholine rings is 1. The highest BCUT2D eigenvalue weighted by Crippen LogP contribution is 2.25. The van der Waals surface area contributed by atoms with Crippen LogP contribution in [0.3, 0.4) is 0 Å². The molecule has 2 saturated heterocycles. The van der Waals surface area contributed by atoms with Crippen LogP contribution in [0.2, 0.25) is 0 Å². The average Bonchev–Trinajstić information content (AvgIpc) is 3.11. The first-order valence-corrected chi connectivity index (χ1v) is 9.08. The van der Waals surface area contributed by atoms with Gasteiger partial charge in [0, 0.05) is 44.5 Å². The van der Waals surface area contributed by atoms with Crippen LogP contribution in [0.1, 0.15) is 25.5 Å². The Bertz CT molecular complexity index is 673. The molecule has 2 fully saturated rings. The lowest BCUT2D eigenvalue weighted by atomic mass is 9.96. The fourth-order valence-electron chi connectivity index (χ4n) is 3.74. The summed E-state index contributed by atoms with van der Waals surface area (Å²) in [5, 5.41) is 4.36. The molecule has 2 aromatic heterocycles. The maximum atomic E-state index is 5.45. The van der Waals surface area contributed by atoms with E-state index in [9.17, 15) is 0 Å². The Morgan fingerprint density at radius 1 is 1.17 bits per heavy atom. The largest absolute Gasteiger partial charge is 0.379 e. The van der Waals surface area contributed by atoms with Gasteiger partial charge in [-0.3, -0.25) is 4.90 Å². The highest BCUT2D eigenvalue weighted by molar-refractivity contribution is 5.47. The number of piperidine rings is 1. The van der Waals surface area contributed by atoms with Crippen LogP contribution in [0.15, 0.2) is 12.4 Å². The third-order valence-corrected chi connectivity index (χ3v) is 5.21. The monoisotopic (exact) mass is 330 g/mol. The molecule has 4 heterocycles. The third kappa shape index (κ3) is 3.23. The molecule has 0 N–H and O–H groups in total. The summed E-state index contributed by atoms with van der Waals surface area (Å²) >= 11 is 0. The predicted octanol–water partition coefficient (Wildman–Crippen LogP) is 1.24. The van der Waals surface area contributed by atoms with E-state index in [0.717, 1.165) is 63.2 Å². The molecule has 2 aliphatic rings. The van der Waals surface area contributed by atoms with Gasteiger partial charge in [-0.1, -0.05) is 6.92 Å². The van der Waals surface area contributed by atoms with Crippen LogP contribution in [-0.2, 0) is 11.2 Å². The second kappa shape index (κ2) is 7.03. The topological polar surface area (TPSA) is 58.8 Å². The van der Waals surface area contributed by atoms with Crippen molar-refractivity contribution in [3.8, 4) is 0 Å².